The summed E-state index contributed by atoms with van der Waals surface area (Å²) in [6, 6.07) is 19.4. The van der Waals surface area contributed by atoms with Crippen LogP contribution in [0.4, 0.5) is 0 Å². The number of benzene rings is 2. The Balaban J connectivity index is 1.37. The Bertz CT molecular complexity index is 1310. The first kappa shape index (κ1) is 23.0. The van der Waals surface area contributed by atoms with Gasteiger partial charge < -0.3 is 4.90 Å². The van der Waals surface area contributed by atoms with Crippen LogP contribution in [0.5, 0.6) is 0 Å². The van der Waals surface area contributed by atoms with Crippen molar-refractivity contribution >= 4 is 17.3 Å². The maximum absolute atomic E-state index is 2.40. The molecule has 0 heterocycles. The van der Waals surface area contributed by atoms with Crippen molar-refractivity contribution in [2.45, 2.75) is 29.1 Å². The molecule has 3 aliphatic carbocycles. The second-order valence-electron chi connectivity index (χ2n) is 8.46. The van der Waals surface area contributed by atoms with Crippen LogP contribution in [0.2, 0.25) is 0 Å². The quantitative estimate of drug-likeness (QED) is 0.413. The summed E-state index contributed by atoms with van der Waals surface area (Å²) >= 11 is 1.80. The fourth-order valence-electron chi connectivity index (χ4n) is 4.28. The zero-order chi connectivity index (χ0) is 23.7. The van der Waals surface area contributed by atoms with E-state index in [0.29, 0.717) is 0 Å². The lowest BCUT2D eigenvalue weighted by atomic mass is 10.1. The molecule has 0 aromatic heterocycles. The van der Waals surface area contributed by atoms with E-state index in [1.807, 2.05) is 0 Å². The number of nitrogens with zero attached hydrogens (tertiary/aromatic N) is 1. The summed E-state index contributed by atoms with van der Waals surface area (Å²) < 4.78 is 0. The predicted octanol–water partition coefficient (Wildman–Crippen LogP) is 9.17. The lowest BCUT2D eigenvalue weighted by molar-refractivity contribution is 0.543. The van der Waals surface area contributed by atoms with E-state index in [1.165, 1.54) is 38.0 Å². The summed E-state index contributed by atoms with van der Waals surface area (Å²) in [4.78, 5) is 4.92. The molecule has 0 amide bonds. The van der Waals surface area contributed by atoms with Gasteiger partial charge in [0.15, 0.2) is 0 Å². The number of rotatable bonds is 6. The number of hydrogen-bond acceptors (Lipinski definition) is 2. The normalized spacial score (nSPS) is 17.0. The summed E-state index contributed by atoms with van der Waals surface area (Å²) in [5, 5.41) is 0. The molecule has 2 aromatic rings. The molecule has 35 heavy (non-hydrogen) atoms. The smallest absolute Gasteiger partial charge is 0.0421 e. The molecule has 0 fully saturated rings. The minimum absolute atomic E-state index is 0.892. The SMILES string of the molecule is C1=CC=C(N(C2=CCC=CC=C2)C2=CCC=C(c3ccc(Sc4ccccc4)cc3)C=C2)CC=C1. The van der Waals surface area contributed by atoms with Gasteiger partial charge in [-0.2, -0.15) is 0 Å². The van der Waals surface area contributed by atoms with Gasteiger partial charge in [0.1, 0.15) is 0 Å². The maximum atomic E-state index is 2.40. The van der Waals surface area contributed by atoms with Crippen molar-refractivity contribution in [2.24, 2.45) is 0 Å². The third kappa shape index (κ3) is 6.03. The summed E-state index contributed by atoms with van der Waals surface area (Å²) in [6.07, 6.45) is 33.7. The van der Waals surface area contributed by atoms with Gasteiger partial charge in [0.05, 0.1) is 0 Å². The molecular formula is C33H29NS. The highest BCUT2D eigenvalue weighted by atomic mass is 32.2. The Kier molecular flexibility index (Phi) is 7.62. The van der Waals surface area contributed by atoms with Crippen molar-refractivity contribution in [1.29, 1.82) is 0 Å². The molecule has 0 spiro atoms. The average Bonchev–Trinajstić information content (AvgIpc) is 3.42. The van der Waals surface area contributed by atoms with Gasteiger partial charge in [-0.1, -0.05) is 109 Å². The first-order valence-electron chi connectivity index (χ1n) is 12.1. The minimum atomic E-state index is 0.892. The molecule has 0 saturated carbocycles. The maximum Gasteiger partial charge on any atom is 0.0421 e. The molecule has 0 radical (unpaired) electrons. The van der Waals surface area contributed by atoms with Crippen LogP contribution >= 0.6 is 11.8 Å². The fourth-order valence-corrected chi connectivity index (χ4v) is 5.12. The molecular weight excluding hydrogens is 442 g/mol. The largest absolute Gasteiger partial charge is 0.315 e. The molecule has 0 aliphatic heterocycles. The fraction of sp³-hybridized carbons (Fsp3) is 0.0909. The van der Waals surface area contributed by atoms with Gasteiger partial charge in [-0.05, 0) is 66.5 Å². The predicted molar refractivity (Wildman–Crippen MR) is 151 cm³/mol. The van der Waals surface area contributed by atoms with Gasteiger partial charge in [-0.3, -0.25) is 0 Å². The van der Waals surface area contributed by atoms with E-state index in [4.69, 9.17) is 0 Å². The number of allylic oxidation sites excluding steroid dienone is 15. The topological polar surface area (TPSA) is 3.24 Å². The Morgan fingerprint density at radius 1 is 0.600 bits per heavy atom. The van der Waals surface area contributed by atoms with Crippen molar-refractivity contribution < 1.29 is 0 Å². The molecule has 0 bridgehead atoms. The van der Waals surface area contributed by atoms with Crippen molar-refractivity contribution in [1.82, 2.24) is 4.90 Å². The van der Waals surface area contributed by atoms with E-state index in [0.717, 1.165) is 19.3 Å². The third-order valence-corrected chi connectivity index (χ3v) is 7.04. The van der Waals surface area contributed by atoms with Crippen molar-refractivity contribution in [3.8, 4) is 0 Å². The average molecular weight is 472 g/mol. The van der Waals surface area contributed by atoms with Crippen LogP contribution in [0.25, 0.3) is 5.57 Å². The molecule has 2 heteroatoms. The molecule has 172 valence electrons. The second-order valence-corrected chi connectivity index (χ2v) is 9.61. The molecule has 0 atom stereocenters. The molecule has 0 saturated heterocycles. The van der Waals surface area contributed by atoms with Gasteiger partial charge in [0, 0.05) is 33.3 Å². The van der Waals surface area contributed by atoms with Gasteiger partial charge in [0.25, 0.3) is 0 Å². The summed E-state index contributed by atoms with van der Waals surface area (Å²) in [7, 11) is 0. The van der Waals surface area contributed by atoms with Crippen molar-refractivity contribution in [2.75, 3.05) is 0 Å². The van der Waals surface area contributed by atoms with Crippen molar-refractivity contribution in [3.63, 3.8) is 0 Å². The van der Waals surface area contributed by atoms with Crippen molar-refractivity contribution in [3.05, 3.63) is 162 Å². The zero-order valence-corrected chi connectivity index (χ0v) is 20.6. The van der Waals surface area contributed by atoms with Crippen LogP contribution in [0.1, 0.15) is 24.8 Å². The second kappa shape index (κ2) is 11.6. The van der Waals surface area contributed by atoms with Gasteiger partial charge in [-0.15, -0.1) is 0 Å². The summed E-state index contributed by atoms with van der Waals surface area (Å²) in [6.45, 7) is 0. The van der Waals surface area contributed by atoms with Gasteiger partial charge >= 0.3 is 0 Å². The molecule has 0 N–H and O–H groups in total. The molecule has 2 aromatic carbocycles. The van der Waals surface area contributed by atoms with E-state index in [-0.39, 0.29) is 0 Å². The monoisotopic (exact) mass is 471 g/mol. The molecule has 5 rings (SSSR count). The van der Waals surface area contributed by atoms with Crippen LogP contribution in [0.15, 0.2) is 167 Å². The van der Waals surface area contributed by atoms with E-state index in [2.05, 4.69) is 145 Å². The van der Waals surface area contributed by atoms with Crippen LogP contribution in [0, 0.1) is 0 Å². The minimum Gasteiger partial charge on any atom is -0.315 e. The zero-order valence-electron chi connectivity index (χ0n) is 19.8. The Hall–Kier alpha value is -3.75. The standard InChI is InChI=1S/C33H29NS/c1-2-7-15-29(14-6-1)34(30-16-8-3-4-9-17-30)31-18-12-13-27(21-24-31)28-22-25-33(26-23-28)35-32-19-10-5-11-20-32/h1-8,10-11,13-14,16-26H,9,12,15H2. The highest BCUT2D eigenvalue weighted by molar-refractivity contribution is 7.99. The Labute approximate surface area is 213 Å². The Morgan fingerprint density at radius 2 is 1.37 bits per heavy atom. The van der Waals surface area contributed by atoms with Gasteiger partial charge in [0.2, 0.25) is 0 Å². The third-order valence-electron chi connectivity index (χ3n) is 6.02. The van der Waals surface area contributed by atoms with E-state index in [9.17, 15) is 0 Å². The Morgan fingerprint density at radius 3 is 2.26 bits per heavy atom. The molecule has 3 aliphatic rings. The molecule has 1 nitrogen and oxygen atoms in total. The van der Waals surface area contributed by atoms with Crippen LogP contribution in [-0.2, 0) is 0 Å². The lowest BCUT2D eigenvalue weighted by Gasteiger charge is -2.29. The highest BCUT2D eigenvalue weighted by Crippen LogP contribution is 2.32. The van der Waals surface area contributed by atoms with Crippen LogP contribution in [0.3, 0.4) is 0 Å². The summed E-state index contributed by atoms with van der Waals surface area (Å²) in [5.41, 5.74) is 6.20. The first-order valence-corrected chi connectivity index (χ1v) is 13.0. The van der Waals surface area contributed by atoms with E-state index >= 15 is 0 Å². The van der Waals surface area contributed by atoms with E-state index < -0.39 is 0 Å². The highest BCUT2D eigenvalue weighted by Gasteiger charge is 2.17. The molecule has 0 unspecified atom stereocenters. The first-order chi connectivity index (χ1) is 17.4. The van der Waals surface area contributed by atoms with Gasteiger partial charge in [-0.25, -0.2) is 0 Å². The summed E-state index contributed by atoms with van der Waals surface area (Å²) in [5.74, 6) is 0. The van der Waals surface area contributed by atoms with E-state index in [1.54, 1.807) is 11.8 Å². The van der Waals surface area contributed by atoms with Crippen LogP contribution in [-0.4, -0.2) is 4.90 Å². The lowest BCUT2D eigenvalue weighted by Crippen LogP contribution is -2.20. The van der Waals surface area contributed by atoms with Crippen LogP contribution < -0.4 is 0 Å². The number of hydrogen-bond donors (Lipinski definition) is 0.